The van der Waals surface area contributed by atoms with Crippen molar-refractivity contribution in [3.8, 4) is 11.6 Å². The van der Waals surface area contributed by atoms with E-state index in [0.717, 1.165) is 34.6 Å². The number of methoxy groups -OCH3 is 1. The molecule has 32 heavy (non-hydrogen) atoms. The predicted molar refractivity (Wildman–Crippen MR) is 127 cm³/mol. The van der Waals surface area contributed by atoms with Crippen LogP contribution in [0.1, 0.15) is 44.6 Å². The first kappa shape index (κ1) is 22.6. The minimum atomic E-state index is -0.169. The first-order chi connectivity index (χ1) is 15.3. The van der Waals surface area contributed by atoms with Gasteiger partial charge in [-0.05, 0) is 53.5 Å². The van der Waals surface area contributed by atoms with Crippen LogP contribution >= 0.6 is 15.9 Å². The fourth-order valence-corrected chi connectivity index (χ4v) is 4.78. The second kappa shape index (κ2) is 9.10. The van der Waals surface area contributed by atoms with E-state index in [4.69, 9.17) is 14.5 Å². The number of hydrogen-bond acceptors (Lipinski definition) is 5. The summed E-state index contributed by atoms with van der Waals surface area (Å²) in [7, 11) is 3.63. The maximum atomic E-state index is 12.9. The van der Waals surface area contributed by atoms with Crippen LogP contribution in [0.15, 0.2) is 34.9 Å². The molecule has 4 rings (SSSR count). The summed E-state index contributed by atoms with van der Waals surface area (Å²) in [4.78, 5) is 24.1. The number of imidazole rings is 1. The molecule has 1 fully saturated rings. The van der Waals surface area contributed by atoms with Gasteiger partial charge in [-0.15, -0.1) is 0 Å². The fraction of sp³-hybridized carbons (Fsp3) is 0.458. The molecule has 8 heteroatoms. The number of halogens is 1. The Balaban J connectivity index is 1.52. The van der Waals surface area contributed by atoms with E-state index in [1.807, 2.05) is 53.8 Å². The first-order valence-corrected chi connectivity index (χ1v) is 11.7. The van der Waals surface area contributed by atoms with Crippen molar-refractivity contribution in [3.63, 3.8) is 0 Å². The van der Waals surface area contributed by atoms with Crippen molar-refractivity contribution in [2.75, 3.05) is 13.7 Å². The number of pyridine rings is 1. The summed E-state index contributed by atoms with van der Waals surface area (Å²) in [5.74, 6) is 2.56. The normalized spacial score (nSPS) is 18.2. The molecular formula is C24H29BrN4O3. The Morgan fingerprint density at radius 1 is 1.22 bits per heavy atom. The molecule has 0 unspecified atom stereocenters. The van der Waals surface area contributed by atoms with E-state index in [9.17, 15) is 4.79 Å². The summed E-state index contributed by atoms with van der Waals surface area (Å²) in [6.07, 6.45) is 1.12. The number of rotatable bonds is 7. The summed E-state index contributed by atoms with van der Waals surface area (Å²) in [5.41, 5.74) is 2.82. The van der Waals surface area contributed by atoms with Gasteiger partial charge < -0.3 is 18.9 Å². The third kappa shape index (κ3) is 4.20. The minimum absolute atomic E-state index is 0.00880. The second-order valence-corrected chi connectivity index (χ2v) is 9.15. The van der Waals surface area contributed by atoms with Crippen LogP contribution in [0.5, 0.6) is 11.6 Å². The largest absolute Gasteiger partial charge is 0.497 e. The number of carbonyl (C=O) groups excluding carboxylic acids is 1. The summed E-state index contributed by atoms with van der Waals surface area (Å²) < 4.78 is 14.3. The van der Waals surface area contributed by atoms with Crippen molar-refractivity contribution >= 4 is 32.9 Å². The van der Waals surface area contributed by atoms with Gasteiger partial charge in [0.05, 0.1) is 18.7 Å². The van der Waals surface area contributed by atoms with Gasteiger partial charge in [-0.1, -0.05) is 19.1 Å². The number of fused-ring (bicyclic) bond motifs is 1. The van der Waals surface area contributed by atoms with Gasteiger partial charge in [0.15, 0.2) is 0 Å². The van der Waals surface area contributed by atoms with Gasteiger partial charge in [0.1, 0.15) is 27.8 Å². The van der Waals surface area contributed by atoms with Crippen molar-refractivity contribution in [3.05, 3.63) is 46.3 Å². The summed E-state index contributed by atoms with van der Waals surface area (Å²) >= 11 is 3.48. The molecule has 3 aromatic rings. The summed E-state index contributed by atoms with van der Waals surface area (Å²) in [6.45, 7) is 6.81. The number of ether oxygens (including phenoxy) is 2. The average Bonchev–Trinajstić information content (AvgIpc) is 3.32. The van der Waals surface area contributed by atoms with Crippen molar-refractivity contribution in [2.45, 2.75) is 45.8 Å². The summed E-state index contributed by atoms with van der Waals surface area (Å²) in [5, 5.41) is 0. The third-order valence-corrected chi connectivity index (χ3v) is 6.82. The Kier molecular flexibility index (Phi) is 6.42. The Labute approximate surface area is 196 Å². The van der Waals surface area contributed by atoms with Crippen LogP contribution in [0.25, 0.3) is 11.0 Å². The number of benzene rings is 1. The van der Waals surface area contributed by atoms with Crippen molar-refractivity contribution < 1.29 is 14.3 Å². The van der Waals surface area contributed by atoms with Crippen LogP contribution in [0.2, 0.25) is 0 Å². The highest BCUT2D eigenvalue weighted by Gasteiger charge is 2.37. The lowest BCUT2D eigenvalue weighted by Crippen LogP contribution is -2.31. The van der Waals surface area contributed by atoms with E-state index < -0.39 is 0 Å². The van der Waals surface area contributed by atoms with Crippen LogP contribution in [-0.2, 0) is 18.3 Å². The molecule has 0 bridgehead atoms. The number of aromatic nitrogens is 3. The molecule has 1 aromatic carbocycles. The van der Waals surface area contributed by atoms with E-state index in [2.05, 4.69) is 34.8 Å². The van der Waals surface area contributed by atoms with Gasteiger partial charge >= 0.3 is 0 Å². The minimum Gasteiger partial charge on any atom is -0.497 e. The SMILES string of the molecule is CCc1nc2cc(Br)nc(O[C@H](C)[C@@H]3CC(=O)N([C@H](C)c4ccc(OC)cc4)C3)c2n1C. The van der Waals surface area contributed by atoms with E-state index in [0.29, 0.717) is 23.4 Å². The molecule has 3 atom stereocenters. The molecule has 0 radical (unpaired) electrons. The Morgan fingerprint density at radius 2 is 1.94 bits per heavy atom. The molecule has 0 aliphatic carbocycles. The number of amides is 1. The van der Waals surface area contributed by atoms with Gasteiger partial charge in [-0.2, -0.15) is 0 Å². The van der Waals surface area contributed by atoms with Crippen molar-refractivity contribution in [1.29, 1.82) is 0 Å². The van der Waals surface area contributed by atoms with E-state index in [1.165, 1.54) is 0 Å². The number of carbonyl (C=O) groups is 1. The number of aryl methyl sites for hydroxylation is 2. The Hall–Kier alpha value is -2.61. The predicted octanol–water partition coefficient (Wildman–Crippen LogP) is 4.68. The third-order valence-electron chi connectivity index (χ3n) is 6.41. The molecule has 0 spiro atoms. The molecular weight excluding hydrogens is 472 g/mol. The van der Waals surface area contributed by atoms with Gasteiger partial charge in [-0.25, -0.2) is 9.97 Å². The first-order valence-electron chi connectivity index (χ1n) is 10.9. The zero-order chi connectivity index (χ0) is 23.0. The molecule has 170 valence electrons. The van der Waals surface area contributed by atoms with Crippen molar-refractivity contribution in [2.24, 2.45) is 13.0 Å². The quantitative estimate of drug-likeness (QED) is 0.440. The van der Waals surface area contributed by atoms with Gasteiger partial charge in [0, 0.05) is 32.4 Å². The molecule has 1 aliphatic rings. The highest BCUT2D eigenvalue weighted by molar-refractivity contribution is 9.10. The topological polar surface area (TPSA) is 69.5 Å². The van der Waals surface area contributed by atoms with Gasteiger partial charge in [0.25, 0.3) is 0 Å². The zero-order valence-corrected chi connectivity index (χ0v) is 20.7. The molecule has 7 nitrogen and oxygen atoms in total. The lowest BCUT2D eigenvalue weighted by atomic mass is 10.0. The van der Waals surface area contributed by atoms with Crippen LogP contribution < -0.4 is 9.47 Å². The molecule has 2 aromatic heterocycles. The molecule has 1 amide bonds. The highest BCUT2D eigenvalue weighted by Crippen LogP contribution is 2.34. The number of hydrogen-bond donors (Lipinski definition) is 0. The maximum absolute atomic E-state index is 12.9. The molecule has 1 aliphatic heterocycles. The van der Waals surface area contributed by atoms with Crippen LogP contribution in [0.3, 0.4) is 0 Å². The standard InChI is InChI=1S/C24H29BrN4O3/c1-6-21-26-19-12-20(25)27-24(23(19)28(21)4)32-15(3)17-11-22(30)29(13-17)14(2)16-7-9-18(31-5)10-8-16/h7-10,12,14-15,17H,6,11,13H2,1-5H3/t14-,15-,17-/m1/s1. The second-order valence-electron chi connectivity index (χ2n) is 8.34. The van der Waals surface area contributed by atoms with Crippen LogP contribution in [-0.4, -0.2) is 45.1 Å². The zero-order valence-electron chi connectivity index (χ0n) is 19.1. The average molecular weight is 501 g/mol. The van der Waals surface area contributed by atoms with E-state index >= 15 is 0 Å². The molecule has 3 heterocycles. The molecule has 1 saturated heterocycles. The fourth-order valence-electron chi connectivity index (χ4n) is 4.40. The monoisotopic (exact) mass is 500 g/mol. The Morgan fingerprint density at radius 3 is 2.59 bits per heavy atom. The lowest BCUT2D eigenvalue weighted by Gasteiger charge is -2.26. The van der Waals surface area contributed by atoms with Crippen molar-refractivity contribution in [1.82, 2.24) is 19.4 Å². The highest BCUT2D eigenvalue weighted by atomic mass is 79.9. The number of nitrogens with zero attached hydrogens (tertiary/aromatic N) is 4. The molecule has 0 saturated carbocycles. The van der Waals surface area contributed by atoms with Crippen LogP contribution in [0.4, 0.5) is 0 Å². The van der Waals surface area contributed by atoms with Crippen LogP contribution in [0, 0.1) is 5.92 Å². The Bertz CT molecular complexity index is 1130. The lowest BCUT2D eigenvalue weighted by molar-refractivity contribution is -0.129. The number of likely N-dealkylation sites (tertiary alicyclic amines) is 1. The molecule has 0 N–H and O–H groups in total. The van der Waals surface area contributed by atoms with E-state index in [-0.39, 0.29) is 24.0 Å². The van der Waals surface area contributed by atoms with Gasteiger partial charge in [0.2, 0.25) is 11.8 Å². The maximum Gasteiger partial charge on any atom is 0.241 e. The summed E-state index contributed by atoms with van der Waals surface area (Å²) in [6, 6.07) is 9.78. The van der Waals surface area contributed by atoms with Gasteiger partial charge in [-0.3, -0.25) is 4.79 Å². The smallest absolute Gasteiger partial charge is 0.241 e. The van der Waals surface area contributed by atoms with E-state index in [1.54, 1.807) is 7.11 Å².